The summed E-state index contributed by atoms with van der Waals surface area (Å²) < 4.78 is 10.7. The van der Waals surface area contributed by atoms with E-state index in [0.29, 0.717) is 13.2 Å². The molecule has 0 unspecified atom stereocenters. The van der Waals surface area contributed by atoms with Gasteiger partial charge in [0.15, 0.2) is 11.5 Å². The van der Waals surface area contributed by atoms with E-state index in [1.165, 1.54) is 6.07 Å². The van der Waals surface area contributed by atoms with Crippen molar-refractivity contribution in [2.24, 2.45) is 5.73 Å². The van der Waals surface area contributed by atoms with Crippen LogP contribution in [0.3, 0.4) is 0 Å². The van der Waals surface area contributed by atoms with Crippen LogP contribution in [0.5, 0.6) is 11.5 Å². The quantitative estimate of drug-likeness (QED) is 0.249. The third-order valence-electron chi connectivity index (χ3n) is 4.90. The highest BCUT2D eigenvalue weighted by Gasteiger charge is 2.27. The number of halogens is 3. The van der Waals surface area contributed by atoms with Crippen LogP contribution in [0.4, 0.5) is 0 Å². The maximum atomic E-state index is 12.9. The molecule has 0 spiro atoms. The SMILES string of the molecule is CCOC(=O)[C@@H](Cc1ccccc1)NC(=O)c1cc(Cl)c(OCCCCCCN)c(Cl)c1O.Cl. The molecule has 4 N–H and O–H groups in total. The molecule has 0 aromatic heterocycles. The van der Waals surface area contributed by atoms with Crippen LogP contribution in [0, 0.1) is 0 Å². The molecule has 0 fully saturated rings. The second-order valence-corrected chi connectivity index (χ2v) is 8.20. The van der Waals surface area contributed by atoms with Crippen molar-refractivity contribution < 1.29 is 24.2 Å². The first-order valence-corrected chi connectivity index (χ1v) is 11.7. The lowest BCUT2D eigenvalue weighted by Gasteiger charge is -2.19. The Morgan fingerprint density at radius 1 is 1.12 bits per heavy atom. The summed E-state index contributed by atoms with van der Waals surface area (Å²) in [6.07, 6.45) is 3.88. The first-order valence-electron chi connectivity index (χ1n) is 10.9. The number of hydrogen-bond acceptors (Lipinski definition) is 6. The Bertz CT molecular complexity index is 929. The van der Waals surface area contributed by atoms with E-state index >= 15 is 0 Å². The van der Waals surface area contributed by atoms with Gasteiger partial charge in [0.05, 0.1) is 23.8 Å². The molecule has 10 heteroatoms. The summed E-state index contributed by atoms with van der Waals surface area (Å²) in [6, 6.07) is 9.52. The maximum absolute atomic E-state index is 12.9. The van der Waals surface area contributed by atoms with Crippen LogP contribution in [0.25, 0.3) is 0 Å². The minimum Gasteiger partial charge on any atom is -0.505 e. The average molecular weight is 534 g/mol. The van der Waals surface area contributed by atoms with E-state index in [4.69, 9.17) is 38.4 Å². The normalized spacial score (nSPS) is 11.3. The Hall–Kier alpha value is -2.19. The van der Waals surface area contributed by atoms with Gasteiger partial charge in [-0.2, -0.15) is 0 Å². The molecule has 0 aliphatic carbocycles. The minimum atomic E-state index is -0.957. The summed E-state index contributed by atoms with van der Waals surface area (Å²) in [4.78, 5) is 25.3. The van der Waals surface area contributed by atoms with Gasteiger partial charge in [0.2, 0.25) is 0 Å². The molecule has 7 nitrogen and oxygen atoms in total. The summed E-state index contributed by atoms with van der Waals surface area (Å²) in [6.45, 7) is 2.86. The number of phenolic OH excluding ortho intramolecular Hbond substituents is 1. The number of unbranched alkanes of at least 4 members (excludes halogenated alkanes) is 3. The van der Waals surface area contributed by atoms with Crippen LogP contribution in [0.2, 0.25) is 10.0 Å². The molecule has 0 bridgehead atoms. The molecule has 1 atom stereocenters. The van der Waals surface area contributed by atoms with Gasteiger partial charge < -0.3 is 25.6 Å². The van der Waals surface area contributed by atoms with Gasteiger partial charge in [-0.25, -0.2) is 4.79 Å². The minimum absolute atomic E-state index is 0. The van der Waals surface area contributed by atoms with E-state index in [9.17, 15) is 14.7 Å². The highest BCUT2D eigenvalue weighted by atomic mass is 35.5. The average Bonchev–Trinajstić information content (AvgIpc) is 2.80. The molecule has 0 saturated heterocycles. The number of esters is 1. The van der Waals surface area contributed by atoms with Crippen molar-refractivity contribution in [1.29, 1.82) is 0 Å². The van der Waals surface area contributed by atoms with Gasteiger partial charge >= 0.3 is 5.97 Å². The first-order chi connectivity index (χ1) is 15.9. The zero-order valence-electron chi connectivity index (χ0n) is 19.0. The van der Waals surface area contributed by atoms with Crippen LogP contribution in [-0.4, -0.2) is 42.8 Å². The number of carbonyl (C=O) groups excluding carboxylic acids is 2. The van der Waals surface area contributed by atoms with Crippen molar-refractivity contribution in [1.82, 2.24) is 5.32 Å². The van der Waals surface area contributed by atoms with E-state index in [1.807, 2.05) is 30.3 Å². The molecule has 0 heterocycles. The predicted octanol–water partition coefficient (Wildman–Crippen LogP) is 4.92. The van der Waals surface area contributed by atoms with Crippen molar-refractivity contribution in [2.45, 2.75) is 45.1 Å². The number of carbonyl (C=O) groups is 2. The van der Waals surface area contributed by atoms with Crippen molar-refractivity contribution in [3.63, 3.8) is 0 Å². The molecule has 0 aliphatic rings. The number of rotatable bonds is 13. The summed E-state index contributed by atoms with van der Waals surface area (Å²) in [5.41, 5.74) is 6.15. The topological polar surface area (TPSA) is 111 Å². The monoisotopic (exact) mass is 532 g/mol. The van der Waals surface area contributed by atoms with Crippen molar-refractivity contribution >= 4 is 47.5 Å². The van der Waals surface area contributed by atoms with E-state index in [0.717, 1.165) is 31.2 Å². The molecule has 2 aromatic rings. The highest BCUT2D eigenvalue weighted by molar-refractivity contribution is 6.39. The Labute approximate surface area is 216 Å². The lowest BCUT2D eigenvalue weighted by atomic mass is 10.1. The molecule has 0 aliphatic heterocycles. The summed E-state index contributed by atoms with van der Waals surface area (Å²) in [7, 11) is 0. The van der Waals surface area contributed by atoms with E-state index in [1.54, 1.807) is 6.92 Å². The Morgan fingerprint density at radius 3 is 2.44 bits per heavy atom. The van der Waals surface area contributed by atoms with Crippen molar-refractivity contribution in [3.05, 3.63) is 57.6 Å². The number of nitrogens with two attached hydrogens (primary N) is 1. The standard InChI is InChI=1S/C24H30Cl2N2O5.ClH/c1-2-32-24(31)19(14-16-10-6-5-7-11-16)28-23(30)17-15-18(25)22(20(26)21(17)29)33-13-9-4-3-8-12-27;/h5-7,10-11,15,19,29H,2-4,8-9,12-14,27H2,1H3,(H,28,30);1H/t19-;/m1./s1. The number of phenols is 1. The van der Waals surface area contributed by atoms with Crippen molar-refractivity contribution in [3.8, 4) is 11.5 Å². The highest BCUT2D eigenvalue weighted by Crippen LogP contribution is 2.42. The van der Waals surface area contributed by atoms with Gasteiger partial charge in [-0.1, -0.05) is 66.4 Å². The largest absolute Gasteiger partial charge is 0.505 e. The molecular weight excluding hydrogens is 503 g/mol. The third-order valence-corrected chi connectivity index (χ3v) is 5.53. The number of benzene rings is 2. The fourth-order valence-electron chi connectivity index (χ4n) is 3.19. The zero-order valence-corrected chi connectivity index (χ0v) is 21.3. The molecule has 34 heavy (non-hydrogen) atoms. The number of hydrogen-bond donors (Lipinski definition) is 3. The van der Waals surface area contributed by atoms with Gasteiger partial charge in [0.1, 0.15) is 11.1 Å². The number of aromatic hydroxyl groups is 1. The number of ether oxygens (including phenoxy) is 2. The van der Waals surface area contributed by atoms with Gasteiger partial charge in [-0.05, 0) is 37.9 Å². The van der Waals surface area contributed by atoms with Gasteiger partial charge in [0.25, 0.3) is 5.91 Å². The Balaban J connectivity index is 0.00000578. The summed E-state index contributed by atoms with van der Waals surface area (Å²) >= 11 is 12.5. The van der Waals surface area contributed by atoms with Crippen LogP contribution in [0.1, 0.15) is 48.5 Å². The van der Waals surface area contributed by atoms with Crippen LogP contribution in [-0.2, 0) is 16.0 Å². The second kappa shape index (κ2) is 15.7. The number of nitrogens with one attached hydrogen (secondary N) is 1. The fourth-order valence-corrected chi connectivity index (χ4v) is 3.76. The fraction of sp³-hybridized carbons (Fsp3) is 0.417. The molecular formula is C24H31Cl3N2O5. The second-order valence-electron chi connectivity index (χ2n) is 7.42. The smallest absolute Gasteiger partial charge is 0.328 e. The van der Waals surface area contributed by atoms with Crippen LogP contribution >= 0.6 is 35.6 Å². The Kier molecular flexibility index (Phi) is 13.7. The first kappa shape index (κ1) is 29.8. The Morgan fingerprint density at radius 2 is 1.79 bits per heavy atom. The zero-order chi connectivity index (χ0) is 24.2. The molecule has 0 radical (unpaired) electrons. The van der Waals surface area contributed by atoms with Gasteiger partial charge in [0, 0.05) is 6.42 Å². The lowest BCUT2D eigenvalue weighted by molar-refractivity contribution is -0.145. The number of amides is 1. The molecule has 2 rings (SSSR count). The molecule has 188 valence electrons. The third kappa shape index (κ3) is 8.87. The summed E-state index contributed by atoms with van der Waals surface area (Å²) in [5.74, 6) is -1.66. The van der Waals surface area contributed by atoms with Crippen LogP contribution < -0.4 is 15.8 Å². The maximum Gasteiger partial charge on any atom is 0.328 e. The molecule has 0 saturated carbocycles. The van der Waals surface area contributed by atoms with E-state index < -0.39 is 23.7 Å². The van der Waals surface area contributed by atoms with E-state index in [-0.39, 0.29) is 46.8 Å². The lowest BCUT2D eigenvalue weighted by Crippen LogP contribution is -2.43. The van der Waals surface area contributed by atoms with Crippen LogP contribution in [0.15, 0.2) is 36.4 Å². The van der Waals surface area contributed by atoms with Gasteiger partial charge in [-0.15, -0.1) is 12.4 Å². The van der Waals surface area contributed by atoms with E-state index in [2.05, 4.69) is 5.32 Å². The van der Waals surface area contributed by atoms with Crippen molar-refractivity contribution in [2.75, 3.05) is 19.8 Å². The molecule has 1 amide bonds. The summed E-state index contributed by atoms with van der Waals surface area (Å²) in [5, 5.41) is 13.1. The molecule has 2 aromatic carbocycles. The van der Waals surface area contributed by atoms with Gasteiger partial charge in [-0.3, -0.25) is 4.79 Å². The predicted molar refractivity (Wildman–Crippen MR) is 136 cm³/mol.